The third kappa shape index (κ3) is 1.46. The number of amides is 1. The molecule has 2 rings (SSSR count). The van der Waals surface area contributed by atoms with Crippen molar-refractivity contribution in [2.24, 2.45) is 0 Å². The molecule has 1 amide bonds. The van der Waals surface area contributed by atoms with Crippen LogP contribution in [0.4, 0.5) is 10.1 Å². The van der Waals surface area contributed by atoms with E-state index in [-0.39, 0.29) is 24.0 Å². The Bertz CT molecular complexity index is 397. The van der Waals surface area contributed by atoms with Gasteiger partial charge in [0, 0.05) is 11.8 Å². The lowest BCUT2D eigenvalue weighted by atomic mass is 10.3. The summed E-state index contributed by atoms with van der Waals surface area (Å²) in [7, 11) is 0. The maximum Gasteiger partial charge on any atom is 0.254 e. The first-order chi connectivity index (χ1) is 6.66. The van der Waals surface area contributed by atoms with E-state index in [1.54, 1.807) is 0 Å². The summed E-state index contributed by atoms with van der Waals surface area (Å²) in [6.07, 6.45) is 1.16. The van der Waals surface area contributed by atoms with Crippen LogP contribution in [-0.2, 0) is 4.79 Å². The highest BCUT2D eigenvalue weighted by Gasteiger charge is 2.22. The number of aliphatic hydroxyl groups is 1. The molecule has 1 N–H and O–H groups in total. The van der Waals surface area contributed by atoms with Gasteiger partial charge in [-0.15, -0.1) is 0 Å². The van der Waals surface area contributed by atoms with E-state index < -0.39 is 0 Å². The molecule has 0 unspecified atom stereocenters. The van der Waals surface area contributed by atoms with Crippen LogP contribution in [0.1, 0.15) is 0 Å². The number of halogens is 1. The summed E-state index contributed by atoms with van der Waals surface area (Å²) in [4.78, 5) is 12.6. The number of nitrogens with zero attached hydrogens (tertiary/aromatic N) is 1. The molecule has 1 aromatic rings. The SMILES string of the molecule is O=C1C=C(O)CN1c1ccc(F)cc1. The Morgan fingerprint density at radius 1 is 1.29 bits per heavy atom. The molecule has 14 heavy (non-hydrogen) atoms. The maximum atomic E-state index is 12.6. The average Bonchev–Trinajstić information content (AvgIpc) is 2.47. The third-order valence-electron chi connectivity index (χ3n) is 2.01. The molecule has 0 aliphatic carbocycles. The zero-order chi connectivity index (χ0) is 10.1. The maximum absolute atomic E-state index is 12.6. The van der Waals surface area contributed by atoms with Crippen LogP contribution in [0.25, 0.3) is 0 Å². The van der Waals surface area contributed by atoms with Crippen molar-refractivity contribution in [3.63, 3.8) is 0 Å². The number of hydrogen-bond acceptors (Lipinski definition) is 2. The van der Waals surface area contributed by atoms with Crippen LogP contribution in [-0.4, -0.2) is 17.6 Å². The van der Waals surface area contributed by atoms with Crippen LogP contribution in [0.5, 0.6) is 0 Å². The molecule has 0 aromatic heterocycles. The van der Waals surface area contributed by atoms with Crippen molar-refractivity contribution in [2.45, 2.75) is 0 Å². The number of anilines is 1. The first-order valence-corrected chi connectivity index (χ1v) is 4.13. The molecule has 0 fully saturated rings. The van der Waals surface area contributed by atoms with Crippen molar-refractivity contribution in [3.05, 3.63) is 41.9 Å². The Kier molecular flexibility index (Phi) is 1.96. The fraction of sp³-hybridized carbons (Fsp3) is 0.100. The molecule has 0 saturated heterocycles. The first kappa shape index (κ1) is 8.74. The first-order valence-electron chi connectivity index (χ1n) is 4.13. The molecule has 72 valence electrons. The smallest absolute Gasteiger partial charge is 0.254 e. The molecule has 0 bridgehead atoms. The van der Waals surface area contributed by atoms with Gasteiger partial charge in [-0.25, -0.2) is 4.39 Å². The molecule has 4 heteroatoms. The predicted octanol–water partition coefficient (Wildman–Crippen LogP) is 1.61. The van der Waals surface area contributed by atoms with E-state index in [9.17, 15) is 9.18 Å². The normalized spacial score (nSPS) is 15.9. The van der Waals surface area contributed by atoms with Crippen LogP contribution >= 0.6 is 0 Å². The van der Waals surface area contributed by atoms with E-state index in [1.807, 2.05) is 0 Å². The number of carbonyl (C=O) groups is 1. The molecule has 1 aromatic carbocycles. The van der Waals surface area contributed by atoms with Crippen LogP contribution in [0.15, 0.2) is 36.1 Å². The fourth-order valence-electron chi connectivity index (χ4n) is 1.35. The molecular formula is C10H8FNO2. The summed E-state index contributed by atoms with van der Waals surface area (Å²) in [6, 6.07) is 5.55. The van der Waals surface area contributed by atoms with Crippen LogP contribution in [0, 0.1) is 5.82 Å². The van der Waals surface area contributed by atoms with Crippen LogP contribution in [0.3, 0.4) is 0 Å². The quantitative estimate of drug-likeness (QED) is 0.736. The predicted molar refractivity (Wildman–Crippen MR) is 49.5 cm³/mol. The van der Waals surface area contributed by atoms with Gasteiger partial charge in [0.1, 0.15) is 11.6 Å². The minimum absolute atomic E-state index is 0.0272. The summed E-state index contributed by atoms with van der Waals surface area (Å²) in [6.45, 7) is 0.157. The van der Waals surface area contributed by atoms with E-state index in [1.165, 1.54) is 29.2 Å². The summed E-state index contributed by atoms with van der Waals surface area (Å²) in [5.74, 6) is -0.606. The van der Waals surface area contributed by atoms with Crippen molar-refractivity contribution < 1.29 is 14.3 Å². The van der Waals surface area contributed by atoms with E-state index in [4.69, 9.17) is 5.11 Å². The van der Waals surface area contributed by atoms with Crippen LogP contribution in [0.2, 0.25) is 0 Å². The van der Waals surface area contributed by atoms with Gasteiger partial charge in [0.05, 0.1) is 6.54 Å². The van der Waals surface area contributed by atoms with Gasteiger partial charge in [-0.05, 0) is 24.3 Å². The van der Waals surface area contributed by atoms with Gasteiger partial charge in [-0.3, -0.25) is 4.79 Å². The van der Waals surface area contributed by atoms with Crippen molar-refractivity contribution in [3.8, 4) is 0 Å². The third-order valence-corrected chi connectivity index (χ3v) is 2.01. The Morgan fingerprint density at radius 2 is 1.93 bits per heavy atom. The van der Waals surface area contributed by atoms with Crippen molar-refractivity contribution in [2.75, 3.05) is 11.4 Å². The monoisotopic (exact) mass is 193 g/mol. The van der Waals surface area contributed by atoms with Gasteiger partial charge < -0.3 is 10.0 Å². The number of aliphatic hydroxyl groups excluding tert-OH is 1. The molecule has 0 saturated carbocycles. The summed E-state index contributed by atoms with van der Waals surface area (Å²) < 4.78 is 12.6. The van der Waals surface area contributed by atoms with E-state index in [2.05, 4.69) is 0 Å². The lowest BCUT2D eigenvalue weighted by Gasteiger charge is -2.15. The Balaban J connectivity index is 2.26. The summed E-state index contributed by atoms with van der Waals surface area (Å²) in [5.41, 5.74) is 0.580. The Morgan fingerprint density at radius 3 is 2.43 bits per heavy atom. The largest absolute Gasteiger partial charge is 0.510 e. The topological polar surface area (TPSA) is 40.5 Å². The van der Waals surface area contributed by atoms with Gasteiger partial charge in [0.25, 0.3) is 5.91 Å². The van der Waals surface area contributed by atoms with Gasteiger partial charge in [0.2, 0.25) is 0 Å². The average molecular weight is 193 g/mol. The van der Waals surface area contributed by atoms with Crippen molar-refractivity contribution >= 4 is 11.6 Å². The van der Waals surface area contributed by atoms with E-state index >= 15 is 0 Å². The second-order valence-corrected chi connectivity index (χ2v) is 3.04. The molecule has 1 heterocycles. The van der Waals surface area contributed by atoms with E-state index in [0.29, 0.717) is 5.69 Å². The Labute approximate surface area is 80.1 Å². The molecule has 1 aliphatic heterocycles. The van der Waals surface area contributed by atoms with Gasteiger partial charge >= 0.3 is 0 Å². The molecule has 1 aliphatic rings. The lowest BCUT2D eigenvalue weighted by Crippen LogP contribution is -2.25. The molecule has 0 spiro atoms. The minimum atomic E-state index is -0.349. The number of carbonyl (C=O) groups excluding carboxylic acids is 1. The molecule has 0 radical (unpaired) electrons. The Hall–Kier alpha value is -1.84. The fourth-order valence-corrected chi connectivity index (χ4v) is 1.35. The lowest BCUT2D eigenvalue weighted by molar-refractivity contribution is -0.113. The molecule has 3 nitrogen and oxygen atoms in total. The number of hydrogen-bond donors (Lipinski definition) is 1. The van der Waals surface area contributed by atoms with Gasteiger partial charge in [-0.1, -0.05) is 0 Å². The second kappa shape index (κ2) is 3.14. The van der Waals surface area contributed by atoms with Crippen LogP contribution < -0.4 is 4.90 Å². The molecular weight excluding hydrogens is 185 g/mol. The number of benzene rings is 1. The number of rotatable bonds is 1. The summed E-state index contributed by atoms with van der Waals surface area (Å²) >= 11 is 0. The summed E-state index contributed by atoms with van der Waals surface area (Å²) in [5, 5.41) is 9.11. The van der Waals surface area contributed by atoms with E-state index in [0.717, 1.165) is 6.08 Å². The highest BCUT2D eigenvalue weighted by molar-refractivity contribution is 6.04. The minimum Gasteiger partial charge on any atom is -0.510 e. The molecule has 0 atom stereocenters. The highest BCUT2D eigenvalue weighted by Crippen LogP contribution is 2.19. The highest BCUT2D eigenvalue weighted by atomic mass is 19.1. The van der Waals surface area contributed by atoms with Gasteiger partial charge in [0.15, 0.2) is 0 Å². The van der Waals surface area contributed by atoms with Gasteiger partial charge in [-0.2, -0.15) is 0 Å². The van der Waals surface area contributed by atoms with Crippen molar-refractivity contribution in [1.29, 1.82) is 0 Å². The van der Waals surface area contributed by atoms with Crippen molar-refractivity contribution in [1.82, 2.24) is 0 Å². The zero-order valence-electron chi connectivity index (χ0n) is 7.27. The zero-order valence-corrected chi connectivity index (χ0v) is 7.27. The standard InChI is InChI=1S/C10H8FNO2/c11-7-1-3-8(4-2-7)12-6-9(13)5-10(12)14/h1-5,13H,6H2. The second-order valence-electron chi connectivity index (χ2n) is 3.04.